The molecule has 3 nitrogen and oxygen atoms in total. The van der Waals surface area contributed by atoms with E-state index < -0.39 is 15.6 Å². The van der Waals surface area contributed by atoms with Gasteiger partial charge in [0.15, 0.2) is 9.84 Å². The van der Waals surface area contributed by atoms with Crippen LogP contribution in [0.25, 0.3) is 0 Å². The largest absolute Gasteiger partial charge is 0.299 e. The number of carbonyl (C=O) groups excluding carboxylic acids is 1. The predicted octanol–water partition coefficient (Wildman–Crippen LogP) is 2.12. The SMILES string of the molecule is CC(=O)CS(=O)(=O)c1ccc(C)c(Br)c1. The summed E-state index contributed by atoms with van der Waals surface area (Å²) in [5.41, 5.74) is 0.955. The van der Waals surface area contributed by atoms with Crippen molar-refractivity contribution in [2.45, 2.75) is 18.7 Å². The van der Waals surface area contributed by atoms with E-state index in [-0.39, 0.29) is 10.7 Å². The van der Waals surface area contributed by atoms with E-state index in [9.17, 15) is 13.2 Å². The van der Waals surface area contributed by atoms with Crippen LogP contribution in [0.15, 0.2) is 27.6 Å². The average Bonchev–Trinajstić information content (AvgIpc) is 2.07. The lowest BCUT2D eigenvalue weighted by molar-refractivity contribution is -0.114. The van der Waals surface area contributed by atoms with Crippen molar-refractivity contribution in [2.24, 2.45) is 0 Å². The Balaban J connectivity index is 3.17. The predicted molar refractivity (Wildman–Crippen MR) is 61.6 cm³/mol. The molecule has 0 unspecified atom stereocenters. The van der Waals surface area contributed by atoms with Crippen LogP contribution in [0, 0.1) is 6.92 Å². The van der Waals surface area contributed by atoms with Crippen molar-refractivity contribution < 1.29 is 13.2 Å². The third kappa shape index (κ3) is 3.14. The van der Waals surface area contributed by atoms with Crippen LogP contribution in [0.4, 0.5) is 0 Å². The summed E-state index contributed by atoms with van der Waals surface area (Å²) >= 11 is 3.26. The van der Waals surface area contributed by atoms with Crippen LogP contribution < -0.4 is 0 Å². The number of hydrogen-bond acceptors (Lipinski definition) is 3. The highest BCUT2D eigenvalue weighted by molar-refractivity contribution is 9.10. The van der Waals surface area contributed by atoms with Crippen molar-refractivity contribution in [2.75, 3.05) is 5.75 Å². The maximum Gasteiger partial charge on any atom is 0.185 e. The first-order valence-corrected chi connectivity index (χ1v) is 6.76. The Labute approximate surface area is 97.5 Å². The van der Waals surface area contributed by atoms with E-state index in [2.05, 4.69) is 15.9 Å². The van der Waals surface area contributed by atoms with Gasteiger partial charge in [-0.3, -0.25) is 4.79 Å². The summed E-state index contributed by atoms with van der Waals surface area (Å²) in [6.07, 6.45) is 0. The molecule has 0 amide bonds. The molecular weight excluding hydrogens is 280 g/mol. The third-order valence-corrected chi connectivity index (χ3v) is 4.51. The third-order valence-electron chi connectivity index (χ3n) is 1.90. The smallest absolute Gasteiger partial charge is 0.185 e. The van der Waals surface area contributed by atoms with Crippen molar-refractivity contribution in [3.8, 4) is 0 Å². The van der Waals surface area contributed by atoms with Crippen molar-refractivity contribution in [1.82, 2.24) is 0 Å². The quantitative estimate of drug-likeness (QED) is 0.857. The van der Waals surface area contributed by atoms with Crippen LogP contribution in [0.3, 0.4) is 0 Å². The van der Waals surface area contributed by atoms with Crippen LogP contribution in [-0.4, -0.2) is 20.0 Å². The van der Waals surface area contributed by atoms with Gasteiger partial charge in [0.25, 0.3) is 0 Å². The van der Waals surface area contributed by atoms with Gasteiger partial charge in [-0.05, 0) is 31.5 Å². The number of halogens is 1. The molecule has 82 valence electrons. The summed E-state index contributed by atoms with van der Waals surface area (Å²) < 4.78 is 24.1. The van der Waals surface area contributed by atoms with Crippen LogP contribution >= 0.6 is 15.9 Å². The molecule has 0 atom stereocenters. The number of sulfone groups is 1. The highest BCUT2D eigenvalue weighted by atomic mass is 79.9. The Morgan fingerprint density at radius 1 is 1.40 bits per heavy atom. The molecule has 0 radical (unpaired) electrons. The highest BCUT2D eigenvalue weighted by Gasteiger charge is 2.17. The first-order chi connectivity index (χ1) is 6.83. The zero-order valence-electron chi connectivity index (χ0n) is 8.45. The van der Waals surface area contributed by atoms with Crippen LogP contribution in [0.5, 0.6) is 0 Å². The van der Waals surface area contributed by atoms with E-state index in [1.807, 2.05) is 6.92 Å². The topological polar surface area (TPSA) is 51.2 Å². The van der Waals surface area contributed by atoms with Crippen molar-refractivity contribution >= 4 is 31.6 Å². The minimum atomic E-state index is -3.48. The molecule has 1 rings (SSSR count). The van der Waals surface area contributed by atoms with Crippen LogP contribution in [0.1, 0.15) is 12.5 Å². The lowest BCUT2D eigenvalue weighted by atomic mass is 10.2. The zero-order valence-corrected chi connectivity index (χ0v) is 10.9. The summed E-state index contributed by atoms with van der Waals surface area (Å²) in [7, 11) is -3.48. The van der Waals surface area contributed by atoms with Gasteiger partial charge >= 0.3 is 0 Å². The summed E-state index contributed by atoms with van der Waals surface area (Å²) in [6, 6.07) is 4.74. The molecule has 0 bridgehead atoms. The first kappa shape index (κ1) is 12.4. The van der Waals surface area contributed by atoms with E-state index in [1.165, 1.54) is 19.1 Å². The van der Waals surface area contributed by atoms with Crippen molar-refractivity contribution in [3.05, 3.63) is 28.2 Å². The molecule has 15 heavy (non-hydrogen) atoms. The summed E-state index contributed by atoms with van der Waals surface area (Å²) in [5.74, 6) is -0.797. The number of rotatable bonds is 3. The van der Waals surface area contributed by atoms with Gasteiger partial charge in [0, 0.05) is 4.47 Å². The van der Waals surface area contributed by atoms with E-state index in [0.717, 1.165) is 10.0 Å². The molecule has 0 aromatic heterocycles. The van der Waals surface area contributed by atoms with Gasteiger partial charge in [-0.1, -0.05) is 22.0 Å². The Hall–Kier alpha value is -0.680. The minimum absolute atomic E-state index is 0.176. The molecule has 0 heterocycles. The monoisotopic (exact) mass is 290 g/mol. The van der Waals surface area contributed by atoms with Crippen molar-refractivity contribution in [3.63, 3.8) is 0 Å². The Kier molecular flexibility index (Phi) is 3.67. The fraction of sp³-hybridized carbons (Fsp3) is 0.300. The van der Waals surface area contributed by atoms with Gasteiger partial charge in [0.1, 0.15) is 11.5 Å². The maximum absolute atomic E-state index is 11.7. The number of aryl methyl sites for hydroxylation is 1. The molecule has 0 saturated carbocycles. The molecule has 0 fully saturated rings. The zero-order chi connectivity index (χ0) is 11.6. The van der Waals surface area contributed by atoms with Gasteiger partial charge in [0.05, 0.1) is 4.90 Å². The average molecular weight is 291 g/mol. The second-order valence-electron chi connectivity index (χ2n) is 3.37. The second-order valence-corrected chi connectivity index (χ2v) is 6.22. The van der Waals surface area contributed by atoms with Gasteiger partial charge in [-0.2, -0.15) is 0 Å². The standard InChI is InChI=1S/C10H11BrO3S/c1-7-3-4-9(5-10(7)11)15(13,14)6-8(2)12/h3-5H,6H2,1-2H3. The highest BCUT2D eigenvalue weighted by Crippen LogP contribution is 2.21. The fourth-order valence-electron chi connectivity index (χ4n) is 1.12. The van der Waals surface area contributed by atoms with Gasteiger partial charge in [0.2, 0.25) is 0 Å². The van der Waals surface area contributed by atoms with Crippen LogP contribution in [0.2, 0.25) is 0 Å². The molecule has 1 aromatic carbocycles. The molecule has 1 aromatic rings. The van der Waals surface area contributed by atoms with E-state index in [0.29, 0.717) is 0 Å². The van der Waals surface area contributed by atoms with Gasteiger partial charge in [-0.25, -0.2) is 8.42 Å². The van der Waals surface area contributed by atoms with Gasteiger partial charge in [-0.15, -0.1) is 0 Å². The Morgan fingerprint density at radius 2 is 2.00 bits per heavy atom. The summed E-state index contributed by atoms with van der Waals surface area (Å²) in [4.78, 5) is 11.0. The molecule has 0 N–H and O–H groups in total. The first-order valence-electron chi connectivity index (χ1n) is 4.31. The Morgan fingerprint density at radius 3 is 2.47 bits per heavy atom. The van der Waals surface area contributed by atoms with Crippen LogP contribution in [-0.2, 0) is 14.6 Å². The maximum atomic E-state index is 11.7. The van der Waals surface area contributed by atoms with E-state index in [4.69, 9.17) is 0 Å². The normalized spacial score (nSPS) is 11.4. The summed E-state index contributed by atoms with van der Waals surface area (Å²) in [6.45, 7) is 3.13. The second kappa shape index (κ2) is 4.45. The number of ketones is 1. The number of Topliss-reactive ketones (excluding diaryl/α,β-unsaturated/α-hetero) is 1. The molecule has 0 aliphatic heterocycles. The molecule has 0 saturated heterocycles. The van der Waals surface area contributed by atoms with E-state index >= 15 is 0 Å². The van der Waals surface area contributed by atoms with E-state index in [1.54, 1.807) is 6.07 Å². The van der Waals surface area contributed by atoms with Gasteiger partial charge < -0.3 is 0 Å². The number of hydrogen-bond donors (Lipinski definition) is 0. The molecule has 0 spiro atoms. The molecular formula is C10H11BrO3S. The molecule has 0 aliphatic carbocycles. The summed E-state index contributed by atoms with van der Waals surface area (Å²) in [5, 5.41) is 0. The van der Waals surface area contributed by atoms with Crippen molar-refractivity contribution in [1.29, 1.82) is 0 Å². The molecule has 5 heteroatoms. The lowest BCUT2D eigenvalue weighted by Crippen LogP contribution is -2.13. The minimum Gasteiger partial charge on any atom is -0.299 e. The molecule has 0 aliphatic rings. The number of carbonyl (C=O) groups is 1. The fourth-order valence-corrected chi connectivity index (χ4v) is 2.92. The Bertz CT molecular complexity index is 491. The lowest BCUT2D eigenvalue weighted by Gasteiger charge is -2.04. The number of benzene rings is 1.